The zero-order valence-corrected chi connectivity index (χ0v) is 18.9. The maximum atomic E-state index is 12.7. The molecule has 2 amide bonds. The molecule has 2 unspecified atom stereocenters. The third kappa shape index (κ3) is 5.18. The van der Waals surface area contributed by atoms with Crippen molar-refractivity contribution in [3.05, 3.63) is 59.9 Å². The third-order valence-corrected chi connectivity index (χ3v) is 6.24. The predicted octanol–water partition coefficient (Wildman–Crippen LogP) is 2.66. The average molecular weight is 465 g/mol. The van der Waals surface area contributed by atoms with Crippen LogP contribution in [0.2, 0.25) is 0 Å². The van der Waals surface area contributed by atoms with Crippen LogP contribution in [0.15, 0.2) is 48.8 Å². The maximum Gasteiger partial charge on any atom is 0.256 e. The fourth-order valence-corrected chi connectivity index (χ4v) is 4.26. The summed E-state index contributed by atoms with van der Waals surface area (Å²) in [5, 5.41) is 14.4. The molecule has 0 radical (unpaired) electrons. The minimum Gasteiger partial charge on any atom is -0.381 e. The molecule has 34 heavy (non-hydrogen) atoms. The number of rotatable bonds is 8. The van der Waals surface area contributed by atoms with Crippen LogP contribution < -0.4 is 10.6 Å². The minimum atomic E-state index is -0.256. The van der Waals surface area contributed by atoms with E-state index >= 15 is 0 Å². The number of hydrogen-bond donors (Lipinski definition) is 2. The van der Waals surface area contributed by atoms with Crippen LogP contribution in [0.3, 0.4) is 0 Å². The van der Waals surface area contributed by atoms with E-state index in [1.807, 2.05) is 0 Å². The normalized spacial score (nSPS) is 19.9. The molecule has 4 heterocycles. The molecule has 2 atom stereocenters. The molecule has 0 spiro atoms. The molecule has 2 aliphatic heterocycles. The van der Waals surface area contributed by atoms with E-state index in [2.05, 4.69) is 20.8 Å². The van der Waals surface area contributed by atoms with Crippen molar-refractivity contribution in [2.45, 2.75) is 25.9 Å². The molecule has 2 aliphatic rings. The fourth-order valence-electron chi connectivity index (χ4n) is 4.26. The molecule has 2 saturated heterocycles. The highest BCUT2D eigenvalue weighted by Gasteiger charge is 2.20. The Labute approximate surface area is 197 Å². The number of hydrogen-bond acceptors (Lipinski definition) is 6. The number of nitrogens with one attached hydrogen (secondary N) is 2. The van der Waals surface area contributed by atoms with Crippen molar-refractivity contribution in [2.75, 3.05) is 37.1 Å². The number of aromatic nitrogens is 4. The summed E-state index contributed by atoms with van der Waals surface area (Å²) in [6.45, 7) is 4.37. The monoisotopic (exact) mass is 464 g/mol. The van der Waals surface area contributed by atoms with Gasteiger partial charge in [0.25, 0.3) is 11.8 Å². The molecule has 3 aromatic rings. The summed E-state index contributed by atoms with van der Waals surface area (Å²) in [4.78, 5) is 25.5. The Morgan fingerprint density at radius 3 is 1.59 bits per heavy atom. The van der Waals surface area contributed by atoms with Crippen LogP contribution in [0.1, 0.15) is 33.6 Å². The molecule has 0 aliphatic carbocycles. The van der Waals surface area contributed by atoms with E-state index in [1.165, 1.54) is 0 Å². The first kappa shape index (κ1) is 22.3. The summed E-state index contributed by atoms with van der Waals surface area (Å²) in [5.41, 5.74) is 0.916. The zero-order valence-electron chi connectivity index (χ0n) is 18.9. The van der Waals surface area contributed by atoms with E-state index in [4.69, 9.17) is 9.47 Å². The molecule has 5 rings (SSSR count). The van der Waals surface area contributed by atoms with Gasteiger partial charge in [0.15, 0.2) is 0 Å². The standard InChI is InChI=1S/C24H28N6O4/c31-23(27-21-5-9-25-29(21)13-17-7-11-33-15-17)19-1-2-20(4-3-19)24(32)28-22-6-10-26-30(22)14-18-8-12-34-16-18/h1-6,9-10,17-18H,7-8,11-16H2,(H,27,31)(H,28,32). The van der Waals surface area contributed by atoms with Gasteiger partial charge in [0, 0.05) is 61.4 Å². The summed E-state index contributed by atoms with van der Waals surface area (Å²) >= 11 is 0. The summed E-state index contributed by atoms with van der Waals surface area (Å²) in [6.07, 6.45) is 5.33. The Morgan fingerprint density at radius 2 is 1.21 bits per heavy atom. The average Bonchev–Trinajstić information content (AvgIpc) is 3.66. The first-order valence-corrected chi connectivity index (χ1v) is 11.6. The summed E-state index contributed by atoms with van der Waals surface area (Å²) < 4.78 is 14.4. The fraction of sp³-hybridized carbons (Fsp3) is 0.417. The van der Waals surface area contributed by atoms with Gasteiger partial charge >= 0.3 is 0 Å². The second-order valence-electron chi connectivity index (χ2n) is 8.74. The largest absolute Gasteiger partial charge is 0.381 e. The van der Waals surface area contributed by atoms with Crippen LogP contribution >= 0.6 is 0 Å². The lowest BCUT2D eigenvalue weighted by Gasteiger charge is -2.13. The van der Waals surface area contributed by atoms with Gasteiger partial charge in [0.2, 0.25) is 0 Å². The number of carbonyl (C=O) groups excluding carboxylic acids is 2. The number of amides is 2. The van der Waals surface area contributed by atoms with Gasteiger partial charge in [-0.25, -0.2) is 9.36 Å². The Morgan fingerprint density at radius 1 is 0.765 bits per heavy atom. The highest BCUT2D eigenvalue weighted by atomic mass is 16.5. The van der Waals surface area contributed by atoms with Crippen molar-refractivity contribution >= 4 is 23.5 Å². The van der Waals surface area contributed by atoms with Gasteiger partial charge in [0.1, 0.15) is 11.6 Å². The number of ether oxygens (including phenoxy) is 2. The second kappa shape index (κ2) is 10.2. The highest BCUT2D eigenvalue weighted by Crippen LogP contribution is 2.19. The van der Waals surface area contributed by atoms with Crippen LogP contribution in [0, 0.1) is 11.8 Å². The molecular weight excluding hydrogens is 436 g/mol. The SMILES string of the molecule is O=C(Nc1ccnn1CC1CCOC1)c1ccc(C(=O)Nc2ccnn2CC2CCOC2)cc1. The van der Waals surface area contributed by atoms with E-state index < -0.39 is 0 Å². The topological polar surface area (TPSA) is 112 Å². The summed E-state index contributed by atoms with van der Waals surface area (Å²) in [6, 6.07) is 10.1. The molecule has 2 N–H and O–H groups in total. The zero-order chi connectivity index (χ0) is 23.3. The predicted molar refractivity (Wildman–Crippen MR) is 125 cm³/mol. The smallest absolute Gasteiger partial charge is 0.256 e. The number of carbonyl (C=O) groups is 2. The van der Waals surface area contributed by atoms with Gasteiger partial charge in [-0.2, -0.15) is 10.2 Å². The number of anilines is 2. The van der Waals surface area contributed by atoms with E-state index in [0.717, 1.165) is 26.1 Å². The van der Waals surface area contributed by atoms with E-state index in [1.54, 1.807) is 58.2 Å². The Bertz CT molecular complexity index is 1040. The Hall–Kier alpha value is -3.50. The van der Waals surface area contributed by atoms with E-state index in [9.17, 15) is 9.59 Å². The molecule has 1 aromatic carbocycles. The molecule has 0 saturated carbocycles. The molecule has 2 fully saturated rings. The molecular formula is C24H28N6O4. The van der Waals surface area contributed by atoms with Gasteiger partial charge in [-0.3, -0.25) is 9.59 Å². The maximum absolute atomic E-state index is 12.7. The molecule has 10 heteroatoms. The highest BCUT2D eigenvalue weighted by molar-refractivity contribution is 6.06. The first-order valence-electron chi connectivity index (χ1n) is 11.6. The molecule has 178 valence electrons. The van der Waals surface area contributed by atoms with Gasteiger partial charge in [0.05, 0.1) is 25.6 Å². The lowest BCUT2D eigenvalue weighted by atomic mass is 10.1. The van der Waals surface area contributed by atoms with Gasteiger partial charge in [-0.05, 0) is 37.1 Å². The van der Waals surface area contributed by atoms with Crippen LogP contribution in [0.4, 0.5) is 11.6 Å². The van der Waals surface area contributed by atoms with Gasteiger partial charge in [-0.15, -0.1) is 0 Å². The third-order valence-electron chi connectivity index (χ3n) is 6.24. The van der Waals surface area contributed by atoms with Crippen molar-refractivity contribution in [3.8, 4) is 0 Å². The minimum absolute atomic E-state index is 0.256. The van der Waals surface area contributed by atoms with Gasteiger partial charge in [-0.1, -0.05) is 0 Å². The Balaban J connectivity index is 1.19. The second-order valence-corrected chi connectivity index (χ2v) is 8.74. The van der Waals surface area contributed by atoms with Crippen LogP contribution in [-0.4, -0.2) is 57.8 Å². The molecule has 2 aromatic heterocycles. The summed E-state index contributed by atoms with van der Waals surface area (Å²) in [7, 11) is 0. The Kier molecular flexibility index (Phi) is 6.68. The van der Waals surface area contributed by atoms with Crippen molar-refractivity contribution in [2.24, 2.45) is 11.8 Å². The van der Waals surface area contributed by atoms with Crippen molar-refractivity contribution in [3.63, 3.8) is 0 Å². The lowest BCUT2D eigenvalue weighted by Crippen LogP contribution is -2.20. The van der Waals surface area contributed by atoms with Gasteiger partial charge < -0.3 is 20.1 Å². The van der Waals surface area contributed by atoms with E-state index in [-0.39, 0.29) is 11.8 Å². The lowest BCUT2D eigenvalue weighted by molar-refractivity contribution is 0.101. The molecule has 0 bridgehead atoms. The van der Waals surface area contributed by atoms with Crippen molar-refractivity contribution in [1.29, 1.82) is 0 Å². The number of benzene rings is 1. The molecule has 10 nitrogen and oxygen atoms in total. The quantitative estimate of drug-likeness (QED) is 0.530. The summed E-state index contributed by atoms with van der Waals surface area (Å²) in [5.74, 6) is 1.56. The van der Waals surface area contributed by atoms with Crippen LogP contribution in [-0.2, 0) is 22.6 Å². The van der Waals surface area contributed by atoms with Crippen molar-refractivity contribution in [1.82, 2.24) is 19.6 Å². The van der Waals surface area contributed by atoms with Crippen LogP contribution in [0.5, 0.6) is 0 Å². The van der Waals surface area contributed by atoms with E-state index in [0.29, 0.717) is 60.9 Å². The van der Waals surface area contributed by atoms with Crippen molar-refractivity contribution < 1.29 is 19.1 Å². The van der Waals surface area contributed by atoms with Crippen LogP contribution in [0.25, 0.3) is 0 Å². The first-order chi connectivity index (χ1) is 16.7. The number of nitrogens with zero attached hydrogens (tertiary/aromatic N) is 4.